The van der Waals surface area contributed by atoms with Gasteiger partial charge in [0.1, 0.15) is 0 Å². The minimum atomic E-state index is -0.182. The van der Waals surface area contributed by atoms with Crippen LogP contribution in [-0.4, -0.2) is 4.98 Å². The van der Waals surface area contributed by atoms with E-state index in [1.165, 1.54) is 60.5 Å². The smallest absolute Gasteiger partial charge is 0.0701 e. The number of benzene rings is 6. The van der Waals surface area contributed by atoms with Crippen molar-refractivity contribution in [3.8, 4) is 22.4 Å². The Morgan fingerprint density at radius 3 is 1.83 bits per heavy atom. The van der Waals surface area contributed by atoms with Crippen LogP contribution in [-0.2, 0) is 5.41 Å². The van der Waals surface area contributed by atoms with E-state index in [9.17, 15) is 0 Å². The molecule has 0 aliphatic carbocycles. The summed E-state index contributed by atoms with van der Waals surface area (Å²) in [6.07, 6.45) is 1.85. The third-order valence-corrected chi connectivity index (χ3v) is 10.8. The summed E-state index contributed by atoms with van der Waals surface area (Å²) >= 11 is 1.85. The van der Waals surface area contributed by atoms with E-state index in [4.69, 9.17) is 0 Å². The lowest BCUT2D eigenvalue weighted by atomic mass is 9.73. The van der Waals surface area contributed by atoms with Crippen LogP contribution in [0.15, 0.2) is 174 Å². The lowest BCUT2D eigenvalue weighted by Gasteiger charge is -2.42. The molecule has 2 aliphatic rings. The molecule has 0 atom stereocenters. The Morgan fingerprint density at radius 2 is 1.04 bits per heavy atom. The van der Waals surface area contributed by atoms with E-state index < -0.39 is 0 Å². The number of hydrogen-bond donors (Lipinski definition) is 0. The van der Waals surface area contributed by atoms with Crippen molar-refractivity contribution < 1.29 is 0 Å². The Hall–Kier alpha value is -5.58. The average molecular weight is 636 g/mol. The molecule has 4 heteroatoms. The predicted octanol–water partition coefficient (Wildman–Crippen LogP) is 12.5. The van der Waals surface area contributed by atoms with Gasteiger partial charge in [0.05, 0.1) is 28.4 Å². The summed E-state index contributed by atoms with van der Waals surface area (Å²) < 4.78 is 0. The molecule has 0 spiro atoms. The van der Waals surface area contributed by atoms with E-state index in [2.05, 4.69) is 174 Å². The van der Waals surface area contributed by atoms with Gasteiger partial charge in [-0.2, -0.15) is 0 Å². The van der Waals surface area contributed by atoms with Gasteiger partial charge in [0.2, 0.25) is 0 Å². The third kappa shape index (κ3) is 4.63. The molecule has 2 aliphatic heterocycles. The first-order valence-electron chi connectivity index (χ1n) is 16.4. The molecule has 0 amide bonds. The second-order valence-corrected chi connectivity index (χ2v) is 14.0. The maximum atomic E-state index is 4.56. The zero-order chi connectivity index (χ0) is 32.2. The summed E-state index contributed by atoms with van der Waals surface area (Å²) in [5, 5.41) is 0. The molecule has 0 N–H and O–H groups in total. The van der Waals surface area contributed by atoms with Gasteiger partial charge < -0.3 is 9.80 Å². The van der Waals surface area contributed by atoms with Crippen molar-refractivity contribution in [3.05, 3.63) is 175 Å². The molecule has 0 unspecified atom stereocenters. The van der Waals surface area contributed by atoms with Crippen LogP contribution in [0.3, 0.4) is 0 Å². The maximum absolute atomic E-state index is 4.56. The fraction of sp³-hybridized carbons (Fsp3) is 0.0682. The summed E-state index contributed by atoms with van der Waals surface area (Å²) in [5.74, 6) is 0. The van der Waals surface area contributed by atoms with Crippen LogP contribution in [0.4, 0.5) is 34.1 Å². The van der Waals surface area contributed by atoms with Crippen molar-refractivity contribution in [2.45, 2.75) is 29.1 Å². The second kappa shape index (κ2) is 11.3. The topological polar surface area (TPSA) is 19.4 Å². The first-order chi connectivity index (χ1) is 23.6. The van der Waals surface area contributed by atoms with Gasteiger partial charge in [-0.05, 0) is 101 Å². The second-order valence-electron chi connectivity index (χ2n) is 12.9. The minimum Gasteiger partial charge on any atom is -0.310 e. The number of aromatic nitrogens is 1. The lowest BCUT2D eigenvalue weighted by molar-refractivity contribution is 0.632. The molecular weight excluding hydrogens is 603 g/mol. The van der Waals surface area contributed by atoms with E-state index >= 15 is 0 Å². The first-order valence-corrected chi connectivity index (χ1v) is 17.2. The molecule has 6 aromatic carbocycles. The number of anilines is 6. The normalized spacial score (nSPS) is 14.0. The molecule has 0 radical (unpaired) electrons. The molecule has 3 nitrogen and oxygen atoms in total. The van der Waals surface area contributed by atoms with Gasteiger partial charge in [0.25, 0.3) is 0 Å². The van der Waals surface area contributed by atoms with Crippen molar-refractivity contribution in [2.24, 2.45) is 0 Å². The predicted molar refractivity (Wildman–Crippen MR) is 201 cm³/mol. The van der Waals surface area contributed by atoms with Gasteiger partial charge in [0, 0.05) is 38.3 Å². The third-order valence-electron chi connectivity index (χ3n) is 9.69. The highest BCUT2D eigenvalue weighted by Crippen LogP contribution is 2.54. The van der Waals surface area contributed by atoms with Crippen LogP contribution in [0.5, 0.6) is 0 Å². The zero-order valence-corrected chi connectivity index (χ0v) is 27.7. The molecular formula is C44H33N3S. The molecule has 7 aromatic rings. The molecule has 0 fully saturated rings. The number of pyridine rings is 1. The Balaban J connectivity index is 1.14. The average Bonchev–Trinajstić information content (AvgIpc) is 3.14. The quantitative estimate of drug-likeness (QED) is 0.192. The van der Waals surface area contributed by atoms with E-state index in [-0.39, 0.29) is 5.41 Å². The fourth-order valence-electron chi connectivity index (χ4n) is 7.27. The lowest BCUT2D eigenvalue weighted by Crippen LogP contribution is -2.30. The fourth-order valence-corrected chi connectivity index (χ4v) is 8.37. The highest BCUT2D eigenvalue weighted by Gasteiger charge is 2.37. The zero-order valence-electron chi connectivity index (χ0n) is 26.8. The van der Waals surface area contributed by atoms with E-state index in [0.717, 1.165) is 16.9 Å². The van der Waals surface area contributed by atoms with Gasteiger partial charge in [-0.15, -0.1) is 0 Å². The van der Waals surface area contributed by atoms with Crippen LogP contribution >= 0.6 is 11.8 Å². The standard InChI is InChI=1S/C44H33N3S/c1-44(2)35-14-6-7-16-38(35)46(34-23-19-30(20-24-34)37-15-10-11-27-45-37)39-25-21-31(28-36(39)44)32-22-26-41-43(29-32)48-42-18-9-8-17-40(42)47(41)33-12-4-3-5-13-33/h3-29H,1-2H3. The van der Waals surface area contributed by atoms with Gasteiger partial charge in [-0.1, -0.05) is 104 Å². The van der Waals surface area contributed by atoms with Crippen molar-refractivity contribution in [1.82, 2.24) is 4.98 Å². The Kier molecular flexibility index (Phi) is 6.73. The number of para-hydroxylation sites is 3. The van der Waals surface area contributed by atoms with Gasteiger partial charge in [-0.25, -0.2) is 0 Å². The number of rotatable bonds is 4. The van der Waals surface area contributed by atoms with E-state index in [1.807, 2.05) is 30.1 Å². The SMILES string of the molecule is CC1(C)c2ccccc2N(c2ccc(-c3ccccn3)cc2)c2ccc(-c3ccc4c(c3)Sc3ccccc3N4c3ccccc3)cc21. The molecule has 1 aromatic heterocycles. The maximum Gasteiger partial charge on any atom is 0.0701 e. The number of hydrogen-bond acceptors (Lipinski definition) is 4. The van der Waals surface area contributed by atoms with Gasteiger partial charge >= 0.3 is 0 Å². The van der Waals surface area contributed by atoms with Crippen molar-refractivity contribution >= 4 is 45.9 Å². The highest BCUT2D eigenvalue weighted by atomic mass is 32.2. The molecule has 0 saturated heterocycles. The Morgan fingerprint density at radius 1 is 0.458 bits per heavy atom. The Bertz CT molecular complexity index is 2300. The van der Waals surface area contributed by atoms with Crippen LogP contribution in [0.1, 0.15) is 25.0 Å². The summed E-state index contributed by atoms with van der Waals surface area (Å²) in [7, 11) is 0. The number of fused-ring (bicyclic) bond motifs is 4. The van der Waals surface area contributed by atoms with Crippen molar-refractivity contribution in [2.75, 3.05) is 9.80 Å². The highest BCUT2D eigenvalue weighted by molar-refractivity contribution is 7.99. The van der Waals surface area contributed by atoms with Crippen LogP contribution in [0.2, 0.25) is 0 Å². The summed E-state index contributed by atoms with van der Waals surface area (Å²) in [6, 6.07) is 57.0. The first kappa shape index (κ1) is 28.6. The molecule has 3 heterocycles. The van der Waals surface area contributed by atoms with Crippen LogP contribution in [0.25, 0.3) is 22.4 Å². The largest absolute Gasteiger partial charge is 0.310 e. The van der Waals surface area contributed by atoms with E-state index in [0.29, 0.717) is 0 Å². The molecule has 9 rings (SSSR count). The van der Waals surface area contributed by atoms with Crippen LogP contribution < -0.4 is 9.80 Å². The van der Waals surface area contributed by atoms with Crippen molar-refractivity contribution in [1.29, 1.82) is 0 Å². The molecule has 230 valence electrons. The summed E-state index contributed by atoms with van der Waals surface area (Å²) in [4.78, 5) is 11.9. The van der Waals surface area contributed by atoms with E-state index in [1.54, 1.807) is 0 Å². The molecule has 48 heavy (non-hydrogen) atoms. The van der Waals surface area contributed by atoms with Gasteiger partial charge in [0.15, 0.2) is 0 Å². The summed E-state index contributed by atoms with van der Waals surface area (Å²) in [5.41, 5.74) is 14.1. The monoisotopic (exact) mass is 635 g/mol. The molecule has 0 bridgehead atoms. The number of nitrogens with zero attached hydrogens (tertiary/aromatic N) is 3. The van der Waals surface area contributed by atoms with Crippen LogP contribution in [0, 0.1) is 0 Å². The minimum absolute atomic E-state index is 0.182. The Labute approximate surface area is 286 Å². The van der Waals surface area contributed by atoms with Crippen molar-refractivity contribution in [3.63, 3.8) is 0 Å². The van der Waals surface area contributed by atoms with Gasteiger partial charge in [-0.3, -0.25) is 4.98 Å². The molecule has 0 saturated carbocycles. The summed E-state index contributed by atoms with van der Waals surface area (Å²) in [6.45, 7) is 4.71.